The van der Waals surface area contributed by atoms with Crippen LogP contribution < -0.4 is 10.6 Å². The minimum absolute atomic E-state index is 0.00698. The van der Waals surface area contributed by atoms with Crippen LogP contribution in [0.4, 0.5) is 0 Å². The van der Waals surface area contributed by atoms with Crippen LogP contribution in [0.3, 0.4) is 0 Å². The lowest BCUT2D eigenvalue weighted by Gasteiger charge is -2.23. The molecule has 0 saturated heterocycles. The molecular weight excluding hydrogens is 352 g/mol. The fraction of sp³-hybridized carbons (Fsp3) is 0.300. The van der Waals surface area contributed by atoms with Crippen molar-refractivity contribution in [2.24, 2.45) is 0 Å². The Bertz CT molecular complexity index is 730. The van der Waals surface area contributed by atoms with E-state index >= 15 is 0 Å². The molecular formula is C20H23ClN2O3. The van der Waals surface area contributed by atoms with Gasteiger partial charge in [-0.3, -0.25) is 9.59 Å². The van der Waals surface area contributed by atoms with Crippen LogP contribution in [-0.2, 0) is 22.6 Å². The van der Waals surface area contributed by atoms with Crippen LogP contribution in [0.15, 0.2) is 54.6 Å². The zero-order chi connectivity index (χ0) is 19.0. The normalized spacial score (nSPS) is 12.9. The van der Waals surface area contributed by atoms with Crippen molar-refractivity contribution in [2.75, 3.05) is 6.54 Å². The van der Waals surface area contributed by atoms with E-state index in [1.807, 2.05) is 30.3 Å². The van der Waals surface area contributed by atoms with Gasteiger partial charge >= 0.3 is 11.8 Å². The molecule has 0 unspecified atom stereocenters. The Hall–Kier alpha value is -2.37. The Morgan fingerprint density at radius 2 is 1.58 bits per heavy atom. The summed E-state index contributed by atoms with van der Waals surface area (Å²) in [6.45, 7) is 1.88. The van der Waals surface area contributed by atoms with Crippen LogP contribution >= 0.6 is 11.6 Å². The van der Waals surface area contributed by atoms with Gasteiger partial charge in [-0.2, -0.15) is 0 Å². The molecule has 0 aromatic heterocycles. The Labute approximate surface area is 158 Å². The molecule has 5 nitrogen and oxygen atoms in total. The molecule has 138 valence electrons. The molecule has 0 saturated carbocycles. The van der Waals surface area contributed by atoms with E-state index in [1.54, 1.807) is 31.2 Å². The third kappa shape index (κ3) is 6.86. The van der Waals surface area contributed by atoms with E-state index in [2.05, 4.69) is 10.6 Å². The Morgan fingerprint density at radius 3 is 2.23 bits per heavy atom. The van der Waals surface area contributed by atoms with Crippen molar-refractivity contribution in [3.63, 3.8) is 0 Å². The van der Waals surface area contributed by atoms with E-state index in [-0.39, 0.29) is 13.1 Å². The highest BCUT2D eigenvalue weighted by molar-refractivity contribution is 6.35. The van der Waals surface area contributed by atoms with Crippen molar-refractivity contribution in [2.45, 2.75) is 31.9 Å². The first-order valence-corrected chi connectivity index (χ1v) is 8.80. The number of benzene rings is 2. The van der Waals surface area contributed by atoms with Gasteiger partial charge in [-0.25, -0.2) is 0 Å². The molecule has 0 aliphatic heterocycles. The summed E-state index contributed by atoms with van der Waals surface area (Å²) in [6, 6.07) is 16.8. The molecule has 2 aromatic carbocycles. The van der Waals surface area contributed by atoms with E-state index < -0.39 is 17.4 Å². The molecule has 0 radical (unpaired) electrons. The van der Waals surface area contributed by atoms with Gasteiger partial charge in [0, 0.05) is 18.1 Å². The smallest absolute Gasteiger partial charge is 0.309 e. The molecule has 2 amide bonds. The average molecular weight is 375 g/mol. The van der Waals surface area contributed by atoms with Gasteiger partial charge in [0.25, 0.3) is 0 Å². The minimum atomic E-state index is -1.10. The maximum atomic E-state index is 11.9. The largest absolute Gasteiger partial charge is 0.388 e. The van der Waals surface area contributed by atoms with Crippen molar-refractivity contribution in [1.29, 1.82) is 0 Å². The monoisotopic (exact) mass is 374 g/mol. The lowest BCUT2D eigenvalue weighted by molar-refractivity contribution is -0.139. The molecule has 0 spiro atoms. The number of carbonyl (C=O) groups is 2. The molecule has 2 aromatic rings. The average Bonchev–Trinajstić information content (AvgIpc) is 2.65. The Balaban J connectivity index is 1.73. The van der Waals surface area contributed by atoms with Crippen molar-refractivity contribution in [1.82, 2.24) is 10.6 Å². The zero-order valence-electron chi connectivity index (χ0n) is 14.7. The maximum absolute atomic E-state index is 11.9. The molecule has 0 heterocycles. The van der Waals surface area contributed by atoms with Gasteiger partial charge in [-0.15, -0.1) is 0 Å². The summed E-state index contributed by atoms with van der Waals surface area (Å²) in [6.07, 6.45) is 1.16. The van der Waals surface area contributed by atoms with Gasteiger partial charge in [0.1, 0.15) is 0 Å². The van der Waals surface area contributed by atoms with Gasteiger partial charge < -0.3 is 15.7 Å². The lowest BCUT2D eigenvalue weighted by atomic mass is 9.97. The number of rotatable bonds is 7. The number of nitrogens with one attached hydrogen (secondary N) is 2. The number of aliphatic hydroxyl groups is 1. The second-order valence-corrected chi connectivity index (χ2v) is 6.91. The molecule has 26 heavy (non-hydrogen) atoms. The quantitative estimate of drug-likeness (QED) is 0.651. The molecule has 0 fully saturated rings. The third-order valence-corrected chi connectivity index (χ3v) is 4.25. The lowest BCUT2D eigenvalue weighted by Crippen LogP contribution is -2.46. The summed E-state index contributed by atoms with van der Waals surface area (Å²) in [5.41, 5.74) is 0.854. The highest BCUT2D eigenvalue weighted by Crippen LogP contribution is 2.13. The van der Waals surface area contributed by atoms with Crippen molar-refractivity contribution in [3.8, 4) is 0 Å². The predicted molar refractivity (Wildman–Crippen MR) is 102 cm³/mol. The van der Waals surface area contributed by atoms with E-state index in [0.717, 1.165) is 11.1 Å². The topological polar surface area (TPSA) is 78.4 Å². The first kappa shape index (κ1) is 19.9. The zero-order valence-corrected chi connectivity index (χ0v) is 15.4. The second-order valence-electron chi connectivity index (χ2n) is 6.47. The molecule has 0 aliphatic carbocycles. The van der Waals surface area contributed by atoms with Gasteiger partial charge in [-0.05, 0) is 43.0 Å². The minimum Gasteiger partial charge on any atom is -0.388 e. The number of hydrogen-bond acceptors (Lipinski definition) is 3. The first-order chi connectivity index (χ1) is 12.4. The van der Waals surface area contributed by atoms with E-state index in [1.165, 1.54) is 0 Å². The molecule has 0 bridgehead atoms. The van der Waals surface area contributed by atoms with E-state index in [4.69, 9.17) is 11.6 Å². The summed E-state index contributed by atoms with van der Waals surface area (Å²) in [5, 5.41) is 16.0. The van der Waals surface area contributed by atoms with Gasteiger partial charge in [0.2, 0.25) is 0 Å². The number of hydrogen-bond donors (Lipinski definition) is 3. The molecule has 6 heteroatoms. The summed E-state index contributed by atoms with van der Waals surface area (Å²) in [5.74, 6) is -1.50. The van der Waals surface area contributed by atoms with Gasteiger partial charge in [0.15, 0.2) is 0 Å². The fourth-order valence-electron chi connectivity index (χ4n) is 2.36. The number of aryl methyl sites for hydroxylation is 1. The van der Waals surface area contributed by atoms with Gasteiger partial charge in [-0.1, -0.05) is 54.1 Å². The highest BCUT2D eigenvalue weighted by atomic mass is 35.5. The first-order valence-electron chi connectivity index (χ1n) is 8.42. The second kappa shape index (κ2) is 9.36. The van der Waals surface area contributed by atoms with Crippen LogP contribution in [0, 0.1) is 0 Å². The van der Waals surface area contributed by atoms with Crippen LogP contribution in [0.2, 0.25) is 5.02 Å². The maximum Gasteiger partial charge on any atom is 0.309 e. The third-order valence-electron chi connectivity index (χ3n) is 4.00. The SMILES string of the molecule is C[C@@](O)(CCc1ccccc1)CNC(=O)C(=O)NCc1ccc(Cl)cc1. The van der Waals surface area contributed by atoms with E-state index in [0.29, 0.717) is 17.9 Å². The van der Waals surface area contributed by atoms with Crippen LogP contribution in [0.5, 0.6) is 0 Å². The molecule has 2 rings (SSSR count). The Kier molecular flexibility index (Phi) is 7.18. The summed E-state index contributed by atoms with van der Waals surface area (Å²) < 4.78 is 0. The van der Waals surface area contributed by atoms with Crippen LogP contribution in [0.25, 0.3) is 0 Å². The molecule has 3 N–H and O–H groups in total. The summed E-state index contributed by atoms with van der Waals surface area (Å²) in [4.78, 5) is 23.7. The van der Waals surface area contributed by atoms with Crippen molar-refractivity contribution < 1.29 is 14.7 Å². The predicted octanol–water partition coefficient (Wildman–Crippen LogP) is 2.46. The summed E-state index contributed by atoms with van der Waals surface area (Å²) >= 11 is 5.80. The van der Waals surface area contributed by atoms with Gasteiger partial charge in [0.05, 0.1) is 5.60 Å². The fourth-order valence-corrected chi connectivity index (χ4v) is 2.49. The molecule has 1 atom stereocenters. The van der Waals surface area contributed by atoms with Crippen LogP contribution in [-0.4, -0.2) is 29.1 Å². The standard InChI is InChI=1S/C20H23ClN2O3/c1-20(26,12-11-15-5-3-2-4-6-15)14-23-19(25)18(24)22-13-16-7-9-17(21)10-8-16/h2-10,26H,11-14H2,1H3,(H,22,24)(H,23,25)/t20-/m1/s1. The van der Waals surface area contributed by atoms with Crippen molar-refractivity contribution in [3.05, 3.63) is 70.7 Å². The van der Waals surface area contributed by atoms with E-state index in [9.17, 15) is 14.7 Å². The number of carbonyl (C=O) groups excluding carboxylic acids is 2. The molecule has 0 aliphatic rings. The van der Waals surface area contributed by atoms with Crippen LogP contribution in [0.1, 0.15) is 24.5 Å². The number of amides is 2. The number of halogens is 1. The highest BCUT2D eigenvalue weighted by Gasteiger charge is 2.23. The summed E-state index contributed by atoms with van der Waals surface area (Å²) in [7, 11) is 0. The Morgan fingerprint density at radius 1 is 0.962 bits per heavy atom. The van der Waals surface area contributed by atoms with Crippen molar-refractivity contribution >= 4 is 23.4 Å².